The van der Waals surface area contributed by atoms with Crippen molar-refractivity contribution in [2.24, 2.45) is 5.92 Å². The third-order valence-corrected chi connectivity index (χ3v) is 5.57. The normalized spacial score (nSPS) is 17.7. The molecular weight excluding hydrogens is 342 g/mol. The van der Waals surface area contributed by atoms with Crippen molar-refractivity contribution in [3.05, 3.63) is 47.8 Å². The topological polar surface area (TPSA) is 80.1 Å². The molecule has 0 radical (unpaired) electrons. The van der Waals surface area contributed by atoms with Gasteiger partial charge in [-0.1, -0.05) is 48.4 Å². The Labute approximate surface area is 158 Å². The average molecular weight is 367 g/mol. The van der Waals surface area contributed by atoms with E-state index in [4.69, 9.17) is 0 Å². The molecule has 1 saturated carbocycles. The van der Waals surface area contributed by atoms with Crippen LogP contribution in [0.2, 0.25) is 0 Å². The number of carbonyl (C=O) groups excluding carboxylic acids is 2. The smallest absolute Gasteiger partial charge is 0.273 e. The molecule has 2 fully saturated rings. The molecule has 2 aromatic rings. The van der Waals surface area contributed by atoms with Crippen molar-refractivity contribution < 1.29 is 9.59 Å². The Bertz CT molecular complexity index is 792. The second-order valence-corrected chi connectivity index (χ2v) is 7.56. The average Bonchev–Trinajstić information content (AvgIpc) is 3.31. The molecule has 7 heteroatoms. The molecule has 2 heterocycles. The fourth-order valence-electron chi connectivity index (χ4n) is 3.84. The lowest BCUT2D eigenvalue weighted by Gasteiger charge is -2.39. The summed E-state index contributed by atoms with van der Waals surface area (Å²) < 4.78 is 1.71. The molecule has 1 aliphatic carbocycles. The van der Waals surface area contributed by atoms with Gasteiger partial charge in [-0.05, 0) is 24.3 Å². The maximum absolute atomic E-state index is 12.3. The highest BCUT2D eigenvalue weighted by Crippen LogP contribution is 2.30. The Morgan fingerprint density at radius 1 is 1.11 bits per heavy atom. The van der Waals surface area contributed by atoms with Crippen LogP contribution >= 0.6 is 0 Å². The molecule has 2 amide bonds. The van der Waals surface area contributed by atoms with E-state index in [0.717, 1.165) is 5.56 Å². The highest BCUT2D eigenvalue weighted by atomic mass is 16.2. The van der Waals surface area contributed by atoms with E-state index in [-0.39, 0.29) is 17.9 Å². The van der Waals surface area contributed by atoms with Gasteiger partial charge in [-0.25, -0.2) is 4.68 Å². The van der Waals surface area contributed by atoms with Crippen molar-refractivity contribution >= 4 is 11.8 Å². The fourth-order valence-corrected chi connectivity index (χ4v) is 3.84. The SMILES string of the molecule is O=C(NCc1ccccc1)c1cn(C2CN(C(=O)CC3CCCC3)C2)nn1. The van der Waals surface area contributed by atoms with Gasteiger partial charge in [-0.3, -0.25) is 9.59 Å². The van der Waals surface area contributed by atoms with E-state index in [1.165, 1.54) is 25.7 Å². The zero-order valence-corrected chi connectivity index (χ0v) is 15.4. The fraction of sp³-hybridized carbons (Fsp3) is 0.500. The second kappa shape index (κ2) is 7.90. The zero-order chi connectivity index (χ0) is 18.6. The van der Waals surface area contributed by atoms with E-state index < -0.39 is 0 Å². The molecule has 2 aliphatic rings. The molecule has 4 rings (SSSR count). The van der Waals surface area contributed by atoms with E-state index in [9.17, 15) is 9.59 Å². The summed E-state index contributed by atoms with van der Waals surface area (Å²) in [6.45, 7) is 1.76. The van der Waals surface area contributed by atoms with Gasteiger partial charge in [-0.2, -0.15) is 0 Å². The minimum absolute atomic E-state index is 0.112. The highest BCUT2D eigenvalue weighted by Gasteiger charge is 2.34. The van der Waals surface area contributed by atoms with Gasteiger partial charge >= 0.3 is 0 Å². The van der Waals surface area contributed by atoms with Crippen molar-refractivity contribution in [3.63, 3.8) is 0 Å². The summed E-state index contributed by atoms with van der Waals surface area (Å²) in [6.07, 6.45) is 7.24. The minimum atomic E-state index is -0.237. The Hall–Kier alpha value is -2.70. The third-order valence-electron chi connectivity index (χ3n) is 5.57. The lowest BCUT2D eigenvalue weighted by Crippen LogP contribution is -2.51. The van der Waals surface area contributed by atoms with E-state index in [2.05, 4.69) is 15.6 Å². The van der Waals surface area contributed by atoms with Crippen LogP contribution in [0.25, 0.3) is 0 Å². The number of amides is 2. The van der Waals surface area contributed by atoms with Crippen molar-refractivity contribution in [2.75, 3.05) is 13.1 Å². The number of nitrogens with zero attached hydrogens (tertiary/aromatic N) is 4. The first kappa shape index (κ1) is 17.7. The Kier molecular flexibility index (Phi) is 5.18. The number of nitrogens with one attached hydrogen (secondary N) is 1. The van der Waals surface area contributed by atoms with Crippen molar-refractivity contribution in [3.8, 4) is 0 Å². The molecule has 142 valence electrons. The molecule has 1 N–H and O–H groups in total. The predicted molar refractivity (Wildman–Crippen MR) is 99.8 cm³/mol. The maximum atomic E-state index is 12.3. The van der Waals surface area contributed by atoms with Gasteiger partial charge in [0.25, 0.3) is 5.91 Å². The number of aromatic nitrogens is 3. The molecule has 7 nitrogen and oxygen atoms in total. The summed E-state index contributed by atoms with van der Waals surface area (Å²) >= 11 is 0. The first-order valence-corrected chi connectivity index (χ1v) is 9.71. The summed E-state index contributed by atoms with van der Waals surface area (Å²) in [5, 5.41) is 10.9. The summed E-state index contributed by atoms with van der Waals surface area (Å²) in [5.74, 6) is 0.584. The van der Waals surface area contributed by atoms with Crippen molar-refractivity contribution in [1.82, 2.24) is 25.2 Å². The molecule has 1 aromatic carbocycles. The Balaban J connectivity index is 1.25. The van der Waals surface area contributed by atoms with Crippen LogP contribution in [0.4, 0.5) is 0 Å². The molecular formula is C20H25N5O2. The van der Waals surface area contributed by atoms with E-state index >= 15 is 0 Å². The maximum Gasteiger partial charge on any atom is 0.273 e. The number of rotatable bonds is 6. The third kappa shape index (κ3) is 4.18. The van der Waals surface area contributed by atoms with Crippen LogP contribution in [0.15, 0.2) is 36.5 Å². The first-order valence-electron chi connectivity index (χ1n) is 9.71. The largest absolute Gasteiger partial charge is 0.347 e. The molecule has 27 heavy (non-hydrogen) atoms. The molecule has 1 aromatic heterocycles. The number of carbonyl (C=O) groups is 2. The van der Waals surface area contributed by atoms with Crippen molar-refractivity contribution in [1.29, 1.82) is 0 Å². The molecule has 0 spiro atoms. The van der Waals surface area contributed by atoms with Gasteiger partial charge in [-0.15, -0.1) is 5.10 Å². The van der Waals surface area contributed by atoms with Crippen LogP contribution in [0.1, 0.15) is 54.2 Å². The zero-order valence-electron chi connectivity index (χ0n) is 15.4. The van der Waals surface area contributed by atoms with Gasteiger partial charge in [0, 0.05) is 26.1 Å². The number of likely N-dealkylation sites (tertiary alicyclic amines) is 1. The molecule has 1 aliphatic heterocycles. The van der Waals surface area contributed by atoms with Crippen LogP contribution < -0.4 is 5.32 Å². The Morgan fingerprint density at radius 2 is 1.85 bits per heavy atom. The van der Waals surface area contributed by atoms with Gasteiger partial charge in [0.2, 0.25) is 5.91 Å². The lowest BCUT2D eigenvalue weighted by atomic mass is 10.0. The standard InChI is InChI=1S/C20H25N5O2/c26-19(10-15-6-4-5-7-15)24-12-17(13-24)25-14-18(22-23-25)20(27)21-11-16-8-2-1-3-9-16/h1-3,8-9,14-15,17H,4-7,10-13H2,(H,21,27). The van der Waals surface area contributed by atoms with Crippen LogP contribution in [0.5, 0.6) is 0 Å². The van der Waals surface area contributed by atoms with Gasteiger partial charge in [0.1, 0.15) is 0 Å². The predicted octanol–water partition coefficient (Wildman–Crippen LogP) is 2.17. The number of hydrogen-bond acceptors (Lipinski definition) is 4. The van der Waals surface area contributed by atoms with Crippen LogP contribution in [0.3, 0.4) is 0 Å². The molecule has 1 saturated heterocycles. The minimum Gasteiger partial charge on any atom is -0.347 e. The van der Waals surface area contributed by atoms with Crippen LogP contribution in [0, 0.1) is 5.92 Å². The van der Waals surface area contributed by atoms with Crippen LogP contribution in [-0.4, -0.2) is 44.8 Å². The summed E-state index contributed by atoms with van der Waals surface area (Å²) in [5.41, 5.74) is 1.34. The number of hydrogen-bond donors (Lipinski definition) is 1. The summed E-state index contributed by atoms with van der Waals surface area (Å²) in [7, 11) is 0. The van der Waals surface area contributed by atoms with Gasteiger partial charge in [0.05, 0.1) is 12.2 Å². The first-order chi connectivity index (χ1) is 13.2. The quantitative estimate of drug-likeness (QED) is 0.849. The van der Waals surface area contributed by atoms with Gasteiger partial charge in [0.15, 0.2) is 5.69 Å². The second-order valence-electron chi connectivity index (χ2n) is 7.56. The summed E-state index contributed by atoms with van der Waals surface area (Å²) in [6, 6.07) is 9.85. The van der Waals surface area contributed by atoms with E-state index in [1.54, 1.807) is 10.9 Å². The number of benzene rings is 1. The monoisotopic (exact) mass is 367 g/mol. The highest BCUT2D eigenvalue weighted by molar-refractivity contribution is 5.91. The summed E-state index contributed by atoms with van der Waals surface area (Å²) in [4.78, 5) is 26.4. The van der Waals surface area contributed by atoms with Crippen LogP contribution in [-0.2, 0) is 11.3 Å². The molecule has 0 unspecified atom stereocenters. The van der Waals surface area contributed by atoms with Gasteiger partial charge < -0.3 is 10.2 Å². The Morgan fingerprint density at radius 3 is 2.59 bits per heavy atom. The van der Waals surface area contributed by atoms with E-state index in [1.807, 2.05) is 35.2 Å². The van der Waals surface area contributed by atoms with E-state index in [0.29, 0.717) is 37.7 Å². The molecule has 0 atom stereocenters. The van der Waals surface area contributed by atoms with Crippen molar-refractivity contribution in [2.45, 2.75) is 44.7 Å². The lowest BCUT2D eigenvalue weighted by molar-refractivity contribution is -0.138. The molecule has 0 bridgehead atoms.